The van der Waals surface area contributed by atoms with Crippen molar-refractivity contribution in [3.8, 4) is 0 Å². The van der Waals surface area contributed by atoms with Gasteiger partial charge >= 0.3 is 0 Å². The minimum atomic E-state index is -0.0996. The van der Waals surface area contributed by atoms with E-state index >= 15 is 0 Å². The molecule has 0 spiro atoms. The van der Waals surface area contributed by atoms with Crippen LogP contribution >= 0.6 is 0 Å². The van der Waals surface area contributed by atoms with Gasteiger partial charge in [0.05, 0.1) is 18.3 Å². The molecule has 5 nitrogen and oxygen atoms in total. The average Bonchev–Trinajstić information content (AvgIpc) is 2.35. The van der Waals surface area contributed by atoms with E-state index in [2.05, 4.69) is 10.3 Å². The summed E-state index contributed by atoms with van der Waals surface area (Å²) >= 11 is 0. The van der Waals surface area contributed by atoms with Crippen molar-refractivity contribution in [3.63, 3.8) is 0 Å². The van der Waals surface area contributed by atoms with Crippen LogP contribution in [0.25, 0.3) is 0 Å². The number of pyridine rings is 1. The van der Waals surface area contributed by atoms with Gasteiger partial charge in [-0.15, -0.1) is 0 Å². The molecule has 0 aromatic carbocycles. The largest absolute Gasteiger partial charge is 0.334 e. The van der Waals surface area contributed by atoms with E-state index in [4.69, 9.17) is 0 Å². The molecule has 1 aromatic heterocycles. The molecule has 1 aliphatic rings. The molecule has 1 fully saturated rings. The third kappa shape index (κ3) is 3.27. The highest BCUT2D eigenvalue weighted by Crippen LogP contribution is 2.07. The van der Waals surface area contributed by atoms with Crippen molar-refractivity contribution >= 4 is 5.91 Å². The van der Waals surface area contributed by atoms with Gasteiger partial charge in [-0.3, -0.25) is 9.78 Å². The van der Waals surface area contributed by atoms with E-state index in [1.165, 1.54) is 0 Å². The fourth-order valence-corrected chi connectivity index (χ4v) is 2.14. The molecular formula is C13H20N4O. The third-order valence-corrected chi connectivity index (χ3v) is 3.01. The summed E-state index contributed by atoms with van der Waals surface area (Å²) in [5.74, 6) is 0.167. The number of rotatable bonds is 4. The summed E-state index contributed by atoms with van der Waals surface area (Å²) in [6.45, 7) is 2.93. The Kier molecular flexibility index (Phi) is 4.28. The summed E-state index contributed by atoms with van der Waals surface area (Å²) in [5, 5.41) is 3.26. The molecule has 2 heterocycles. The second kappa shape index (κ2) is 5.93. The van der Waals surface area contributed by atoms with Gasteiger partial charge in [0.15, 0.2) is 0 Å². The van der Waals surface area contributed by atoms with E-state index in [1.807, 2.05) is 42.1 Å². The Hall–Kier alpha value is -1.46. The number of likely N-dealkylation sites (N-methyl/N-ethyl adjacent to an activating group) is 1. The summed E-state index contributed by atoms with van der Waals surface area (Å²) in [6.07, 6.45) is 1.76. The molecule has 18 heavy (non-hydrogen) atoms. The maximum absolute atomic E-state index is 12.3. The number of nitrogens with one attached hydrogen (secondary N) is 1. The van der Waals surface area contributed by atoms with Crippen molar-refractivity contribution in [2.45, 2.75) is 12.6 Å². The SMILES string of the molecule is CN(C)CC1NCCN(Cc2ccccn2)C1=O. The zero-order chi connectivity index (χ0) is 13.0. The molecule has 1 N–H and O–H groups in total. The standard InChI is InChI=1S/C13H20N4O/c1-16(2)10-12-13(18)17(8-7-15-12)9-11-5-3-4-6-14-11/h3-6,12,15H,7-10H2,1-2H3. The van der Waals surface area contributed by atoms with E-state index in [1.54, 1.807) is 6.20 Å². The normalized spacial score (nSPS) is 20.5. The second-order valence-electron chi connectivity index (χ2n) is 4.85. The van der Waals surface area contributed by atoms with Crippen LogP contribution in [0, 0.1) is 0 Å². The van der Waals surface area contributed by atoms with Gasteiger partial charge < -0.3 is 15.1 Å². The predicted octanol–water partition coefficient (Wildman–Crippen LogP) is -0.0564. The van der Waals surface area contributed by atoms with Crippen LogP contribution in [0.5, 0.6) is 0 Å². The molecule has 0 saturated carbocycles. The lowest BCUT2D eigenvalue weighted by Crippen LogP contribution is -2.57. The van der Waals surface area contributed by atoms with Crippen molar-refractivity contribution < 1.29 is 4.79 Å². The highest BCUT2D eigenvalue weighted by molar-refractivity contribution is 5.82. The van der Waals surface area contributed by atoms with E-state index in [9.17, 15) is 4.79 Å². The lowest BCUT2D eigenvalue weighted by molar-refractivity contribution is -0.136. The molecule has 0 radical (unpaired) electrons. The summed E-state index contributed by atoms with van der Waals surface area (Å²) in [7, 11) is 3.96. The molecule has 0 bridgehead atoms. The van der Waals surface area contributed by atoms with Gasteiger partial charge in [0.1, 0.15) is 0 Å². The van der Waals surface area contributed by atoms with Gasteiger partial charge in [-0.1, -0.05) is 6.07 Å². The molecule has 1 saturated heterocycles. The quantitative estimate of drug-likeness (QED) is 0.811. The smallest absolute Gasteiger partial charge is 0.241 e. The first-order valence-corrected chi connectivity index (χ1v) is 6.23. The fraction of sp³-hybridized carbons (Fsp3) is 0.538. The maximum atomic E-state index is 12.3. The van der Waals surface area contributed by atoms with Crippen LogP contribution in [0.3, 0.4) is 0 Å². The van der Waals surface area contributed by atoms with Crippen LogP contribution in [-0.2, 0) is 11.3 Å². The van der Waals surface area contributed by atoms with Crippen LogP contribution in [0.1, 0.15) is 5.69 Å². The first kappa shape index (κ1) is 13.0. The lowest BCUT2D eigenvalue weighted by Gasteiger charge is -2.34. The van der Waals surface area contributed by atoms with Gasteiger partial charge in [0, 0.05) is 25.8 Å². The summed E-state index contributed by atoms with van der Waals surface area (Å²) in [6, 6.07) is 5.69. The van der Waals surface area contributed by atoms with E-state index in [0.717, 1.165) is 25.3 Å². The Bertz CT molecular complexity index is 393. The summed E-state index contributed by atoms with van der Waals surface area (Å²) < 4.78 is 0. The lowest BCUT2D eigenvalue weighted by atomic mass is 10.1. The number of amides is 1. The average molecular weight is 248 g/mol. The molecule has 1 aromatic rings. The molecule has 98 valence electrons. The third-order valence-electron chi connectivity index (χ3n) is 3.01. The first-order valence-electron chi connectivity index (χ1n) is 6.23. The van der Waals surface area contributed by atoms with Crippen LogP contribution in [0.2, 0.25) is 0 Å². The number of nitrogens with zero attached hydrogens (tertiary/aromatic N) is 3. The van der Waals surface area contributed by atoms with Crippen molar-refractivity contribution in [2.75, 3.05) is 33.7 Å². The van der Waals surface area contributed by atoms with Gasteiger partial charge in [0.25, 0.3) is 0 Å². The number of piperazine rings is 1. The van der Waals surface area contributed by atoms with Crippen molar-refractivity contribution in [1.82, 2.24) is 20.1 Å². The zero-order valence-electron chi connectivity index (χ0n) is 11.0. The van der Waals surface area contributed by atoms with Crippen molar-refractivity contribution in [1.29, 1.82) is 0 Å². The zero-order valence-corrected chi connectivity index (χ0v) is 11.0. The Labute approximate surface area is 108 Å². The number of hydrogen-bond donors (Lipinski definition) is 1. The maximum Gasteiger partial charge on any atom is 0.241 e. The van der Waals surface area contributed by atoms with Crippen molar-refractivity contribution in [2.24, 2.45) is 0 Å². The Morgan fingerprint density at radius 2 is 2.33 bits per heavy atom. The minimum absolute atomic E-state index is 0.0996. The molecule has 1 unspecified atom stereocenters. The van der Waals surface area contributed by atoms with Crippen LogP contribution in [0.4, 0.5) is 0 Å². The van der Waals surface area contributed by atoms with Crippen molar-refractivity contribution in [3.05, 3.63) is 30.1 Å². The number of carbonyl (C=O) groups excluding carboxylic acids is 1. The Balaban J connectivity index is 1.98. The molecule has 1 amide bonds. The highest BCUT2D eigenvalue weighted by atomic mass is 16.2. The second-order valence-corrected chi connectivity index (χ2v) is 4.85. The molecule has 1 aliphatic heterocycles. The summed E-state index contributed by atoms with van der Waals surface area (Å²) in [5.41, 5.74) is 0.941. The number of carbonyl (C=O) groups is 1. The first-order chi connectivity index (χ1) is 8.66. The van der Waals surface area contributed by atoms with Gasteiger partial charge in [-0.05, 0) is 26.2 Å². The van der Waals surface area contributed by atoms with E-state index < -0.39 is 0 Å². The fourth-order valence-electron chi connectivity index (χ4n) is 2.14. The Morgan fingerprint density at radius 1 is 1.50 bits per heavy atom. The van der Waals surface area contributed by atoms with Gasteiger partial charge in [-0.25, -0.2) is 0 Å². The van der Waals surface area contributed by atoms with Gasteiger partial charge in [-0.2, -0.15) is 0 Å². The number of hydrogen-bond acceptors (Lipinski definition) is 4. The molecule has 1 atom stereocenters. The molecule has 0 aliphatic carbocycles. The van der Waals surface area contributed by atoms with Crippen LogP contribution < -0.4 is 5.32 Å². The van der Waals surface area contributed by atoms with Crippen LogP contribution in [0.15, 0.2) is 24.4 Å². The molecular weight excluding hydrogens is 228 g/mol. The minimum Gasteiger partial charge on any atom is -0.334 e. The monoisotopic (exact) mass is 248 g/mol. The van der Waals surface area contributed by atoms with Crippen LogP contribution in [-0.4, -0.2) is 60.5 Å². The number of aromatic nitrogens is 1. The van der Waals surface area contributed by atoms with E-state index in [0.29, 0.717) is 6.54 Å². The van der Waals surface area contributed by atoms with E-state index in [-0.39, 0.29) is 11.9 Å². The predicted molar refractivity (Wildman–Crippen MR) is 70.0 cm³/mol. The van der Waals surface area contributed by atoms with Gasteiger partial charge in [0.2, 0.25) is 5.91 Å². The Morgan fingerprint density at radius 3 is 3.00 bits per heavy atom. The summed E-state index contributed by atoms with van der Waals surface area (Å²) in [4.78, 5) is 20.5. The highest BCUT2D eigenvalue weighted by Gasteiger charge is 2.28. The molecule has 5 heteroatoms. The topological polar surface area (TPSA) is 48.5 Å². The molecule has 2 rings (SSSR count).